The van der Waals surface area contributed by atoms with Crippen molar-refractivity contribution in [3.05, 3.63) is 62.4 Å². The Balaban J connectivity index is 2.37. The van der Waals surface area contributed by atoms with Crippen LogP contribution in [0.15, 0.2) is 42.7 Å². The number of aromatic nitrogens is 1. The number of ketones is 1. The lowest BCUT2D eigenvalue weighted by atomic mass is 9.93. The van der Waals surface area contributed by atoms with Gasteiger partial charge in [-0.05, 0) is 46.4 Å². The molecule has 1 aromatic heterocycles. The Morgan fingerprint density at radius 3 is 2.79 bits per heavy atom. The van der Waals surface area contributed by atoms with Gasteiger partial charge in [-0.2, -0.15) is 5.26 Å². The highest BCUT2D eigenvalue weighted by Crippen LogP contribution is 2.24. The minimum atomic E-state index is -0.857. The SMILES string of the molecule is N#CC(C(=O)c1ccc(I)c(Cl)c1)c1cccnc1. The van der Waals surface area contributed by atoms with E-state index in [0.717, 1.165) is 3.57 Å². The molecule has 0 aliphatic carbocycles. The molecule has 0 saturated heterocycles. The van der Waals surface area contributed by atoms with Gasteiger partial charge in [-0.15, -0.1) is 0 Å². The summed E-state index contributed by atoms with van der Waals surface area (Å²) in [6.07, 6.45) is 3.13. The number of nitrogens with zero attached hydrogens (tertiary/aromatic N) is 2. The molecule has 0 radical (unpaired) electrons. The lowest BCUT2D eigenvalue weighted by Crippen LogP contribution is -2.11. The van der Waals surface area contributed by atoms with Gasteiger partial charge in [-0.25, -0.2) is 0 Å². The van der Waals surface area contributed by atoms with E-state index in [9.17, 15) is 10.1 Å². The topological polar surface area (TPSA) is 53.8 Å². The Bertz CT molecular complexity index is 652. The second-order valence-corrected chi connectivity index (χ2v) is 5.41. The fraction of sp³-hybridized carbons (Fsp3) is 0.0714. The molecule has 2 rings (SSSR count). The van der Waals surface area contributed by atoms with Gasteiger partial charge in [0.2, 0.25) is 0 Å². The van der Waals surface area contributed by atoms with Crippen molar-refractivity contribution < 1.29 is 4.79 Å². The van der Waals surface area contributed by atoms with E-state index < -0.39 is 5.92 Å². The molecular formula is C14H8ClIN2O. The molecule has 1 atom stereocenters. The molecule has 0 aliphatic rings. The molecule has 3 nitrogen and oxygen atoms in total. The van der Waals surface area contributed by atoms with E-state index in [1.54, 1.807) is 36.5 Å². The normalized spacial score (nSPS) is 11.6. The fourth-order valence-corrected chi connectivity index (χ4v) is 2.16. The summed E-state index contributed by atoms with van der Waals surface area (Å²) in [5.74, 6) is -1.13. The van der Waals surface area contributed by atoms with Crippen LogP contribution in [0.1, 0.15) is 21.8 Å². The van der Waals surface area contributed by atoms with Gasteiger partial charge in [0.05, 0.1) is 11.1 Å². The minimum absolute atomic E-state index is 0.270. The van der Waals surface area contributed by atoms with Crippen molar-refractivity contribution in [1.82, 2.24) is 4.98 Å². The average molecular weight is 383 g/mol. The van der Waals surface area contributed by atoms with Crippen LogP contribution >= 0.6 is 34.2 Å². The molecule has 1 heterocycles. The van der Waals surface area contributed by atoms with E-state index >= 15 is 0 Å². The van der Waals surface area contributed by atoms with Crippen LogP contribution in [0.4, 0.5) is 0 Å². The van der Waals surface area contributed by atoms with E-state index in [1.165, 1.54) is 6.20 Å². The molecule has 0 N–H and O–H groups in total. The number of carbonyl (C=O) groups is 1. The van der Waals surface area contributed by atoms with Crippen LogP contribution in [0, 0.1) is 14.9 Å². The third-order valence-corrected chi connectivity index (χ3v) is 4.19. The molecule has 0 amide bonds. The number of halogens is 2. The summed E-state index contributed by atoms with van der Waals surface area (Å²) in [6, 6.07) is 10.5. The third-order valence-electron chi connectivity index (χ3n) is 2.61. The molecular weight excluding hydrogens is 375 g/mol. The summed E-state index contributed by atoms with van der Waals surface area (Å²) in [7, 11) is 0. The van der Waals surface area contributed by atoms with Crippen molar-refractivity contribution in [3.8, 4) is 6.07 Å². The number of pyridine rings is 1. The number of Topliss-reactive ketones (excluding diaryl/α,β-unsaturated/α-hetero) is 1. The summed E-state index contributed by atoms with van der Waals surface area (Å²) in [4.78, 5) is 16.3. The van der Waals surface area contributed by atoms with Gasteiger partial charge in [0.25, 0.3) is 0 Å². The molecule has 1 unspecified atom stereocenters. The predicted molar refractivity (Wildman–Crippen MR) is 81.1 cm³/mol. The van der Waals surface area contributed by atoms with Crippen LogP contribution in [-0.4, -0.2) is 10.8 Å². The zero-order valence-corrected chi connectivity index (χ0v) is 12.6. The van der Waals surface area contributed by atoms with Gasteiger partial charge >= 0.3 is 0 Å². The highest BCUT2D eigenvalue weighted by Gasteiger charge is 2.22. The molecule has 0 aliphatic heterocycles. The Labute approximate surface area is 129 Å². The molecule has 19 heavy (non-hydrogen) atoms. The zero-order chi connectivity index (χ0) is 13.8. The predicted octanol–water partition coefficient (Wildman–Crippen LogP) is 3.83. The largest absolute Gasteiger partial charge is 0.292 e. The van der Waals surface area contributed by atoms with Gasteiger partial charge in [-0.3, -0.25) is 9.78 Å². The summed E-state index contributed by atoms with van der Waals surface area (Å²) in [5, 5.41) is 9.71. The van der Waals surface area contributed by atoms with Crippen LogP contribution in [-0.2, 0) is 0 Å². The Morgan fingerprint density at radius 2 is 2.21 bits per heavy atom. The molecule has 2 aromatic rings. The summed E-state index contributed by atoms with van der Waals surface area (Å²) < 4.78 is 0.866. The van der Waals surface area contributed by atoms with Gasteiger partial charge in [-0.1, -0.05) is 23.7 Å². The van der Waals surface area contributed by atoms with Gasteiger partial charge in [0.15, 0.2) is 5.78 Å². The molecule has 0 fully saturated rings. The number of hydrogen-bond donors (Lipinski definition) is 0. The lowest BCUT2D eigenvalue weighted by molar-refractivity contribution is 0.0978. The van der Waals surface area contributed by atoms with E-state index in [2.05, 4.69) is 27.6 Å². The zero-order valence-electron chi connectivity index (χ0n) is 9.68. The maximum Gasteiger partial charge on any atom is 0.184 e. The highest BCUT2D eigenvalue weighted by molar-refractivity contribution is 14.1. The van der Waals surface area contributed by atoms with Crippen molar-refractivity contribution in [2.75, 3.05) is 0 Å². The summed E-state index contributed by atoms with van der Waals surface area (Å²) in [5.41, 5.74) is 1.02. The van der Waals surface area contributed by atoms with Crippen molar-refractivity contribution >= 4 is 40.0 Å². The summed E-state index contributed by atoms with van der Waals surface area (Å²) in [6.45, 7) is 0. The van der Waals surface area contributed by atoms with Crippen molar-refractivity contribution in [1.29, 1.82) is 5.26 Å². The Kier molecular flexibility index (Phi) is 4.51. The maximum absolute atomic E-state index is 12.3. The number of nitriles is 1. The van der Waals surface area contributed by atoms with Crippen LogP contribution in [0.25, 0.3) is 0 Å². The average Bonchev–Trinajstić information content (AvgIpc) is 2.44. The highest BCUT2D eigenvalue weighted by atomic mass is 127. The summed E-state index contributed by atoms with van der Waals surface area (Å²) >= 11 is 8.08. The fourth-order valence-electron chi connectivity index (χ4n) is 1.65. The van der Waals surface area contributed by atoms with E-state index in [4.69, 9.17) is 11.6 Å². The number of carbonyl (C=O) groups excluding carboxylic acids is 1. The molecule has 1 aromatic carbocycles. The van der Waals surface area contributed by atoms with Crippen molar-refractivity contribution in [2.24, 2.45) is 0 Å². The molecule has 0 saturated carbocycles. The maximum atomic E-state index is 12.3. The van der Waals surface area contributed by atoms with Gasteiger partial charge in [0, 0.05) is 21.5 Å². The monoisotopic (exact) mass is 382 g/mol. The van der Waals surface area contributed by atoms with Gasteiger partial charge < -0.3 is 0 Å². The van der Waals surface area contributed by atoms with Gasteiger partial charge in [0.1, 0.15) is 5.92 Å². The first-order valence-corrected chi connectivity index (χ1v) is 6.88. The quantitative estimate of drug-likeness (QED) is 0.599. The first kappa shape index (κ1) is 14.0. The van der Waals surface area contributed by atoms with Crippen molar-refractivity contribution in [2.45, 2.75) is 5.92 Å². The Morgan fingerprint density at radius 1 is 1.42 bits per heavy atom. The number of benzene rings is 1. The molecule has 94 valence electrons. The molecule has 0 spiro atoms. The number of hydrogen-bond acceptors (Lipinski definition) is 3. The van der Waals surface area contributed by atoms with E-state index in [0.29, 0.717) is 16.1 Å². The second-order valence-electron chi connectivity index (χ2n) is 3.84. The van der Waals surface area contributed by atoms with Crippen LogP contribution in [0.5, 0.6) is 0 Å². The third kappa shape index (κ3) is 3.11. The molecule has 0 bridgehead atoms. The van der Waals surface area contributed by atoms with E-state index in [-0.39, 0.29) is 5.78 Å². The van der Waals surface area contributed by atoms with Crippen molar-refractivity contribution in [3.63, 3.8) is 0 Å². The second kappa shape index (κ2) is 6.13. The lowest BCUT2D eigenvalue weighted by Gasteiger charge is -2.08. The first-order chi connectivity index (χ1) is 9.13. The van der Waals surface area contributed by atoms with Crippen LogP contribution < -0.4 is 0 Å². The molecule has 5 heteroatoms. The van der Waals surface area contributed by atoms with E-state index in [1.807, 2.05) is 6.07 Å². The minimum Gasteiger partial charge on any atom is -0.292 e. The Hall–Kier alpha value is -1.45. The van der Waals surface area contributed by atoms with Crippen LogP contribution in [0.2, 0.25) is 5.02 Å². The standard InChI is InChI=1S/C14H8ClIN2O/c15-12-6-9(3-4-13(12)16)14(19)11(7-17)10-2-1-5-18-8-10/h1-6,8,11H. The smallest absolute Gasteiger partial charge is 0.184 e. The first-order valence-electron chi connectivity index (χ1n) is 5.42. The number of rotatable bonds is 3. The van der Waals surface area contributed by atoms with Crippen LogP contribution in [0.3, 0.4) is 0 Å².